The number of rotatable bonds is 4. The van der Waals surface area contributed by atoms with Crippen LogP contribution >= 0.6 is 0 Å². The van der Waals surface area contributed by atoms with Crippen LogP contribution in [0, 0.1) is 13.8 Å². The number of anilines is 1. The summed E-state index contributed by atoms with van der Waals surface area (Å²) < 4.78 is 0. The Morgan fingerprint density at radius 1 is 1.08 bits per heavy atom. The minimum atomic E-state index is -0.0176. The highest BCUT2D eigenvalue weighted by atomic mass is 16.1. The molecule has 0 spiro atoms. The lowest BCUT2D eigenvalue weighted by molar-refractivity contribution is 0.269. The molecule has 0 aliphatic carbocycles. The molecule has 1 fully saturated rings. The fraction of sp³-hybridized carbons (Fsp3) is 0.474. The van der Waals surface area contributed by atoms with Crippen molar-refractivity contribution in [1.29, 1.82) is 0 Å². The minimum Gasteiger partial charge on any atom is -0.340 e. The van der Waals surface area contributed by atoms with Crippen molar-refractivity contribution in [1.82, 2.24) is 14.9 Å². The number of hydrogen-bond acceptors (Lipinski definition) is 4. The third-order valence-corrected chi connectivity index (χ3v) is 4.83. The molecule has 1 N–H and O–H groups in total. The van der Waals surface area contributed by atoms with Crippen molar-refractivity contribution in [3.8, 4) is 0 Å². The lowest BCUT2D eigenvalue weighted by Gasteiger charge is -2.34. The first-order valence-electron chi connectivity index (χ1n) is 8.69. The van der Waals surface area contributed by atoms with Gasteiger partial charge in [0.1, 0.15) is 0 Å². The van der Waals surface area contributed by atoms with Gasteiger partial charge < -0.3 is 9.80 Å². The van der Waals surface area contributed by atoms with Gasteiger partial charge in [-0.2, -0.15) is 0 Å². The number of aromatic nitrogens is 2. The van der Waals surface area contributed by atoms with Crippen molar-refractivity contribution in [2.24, 2.45) is 0 Å². The summed E-state index contributed by atoms with van der Waals surface area (Å²) in [5, 5.41) is 0. The number of aryl methyl sites for hydroxylation is 2. The van der Waals surface area contributed by atoms with Gasteiger partial charge >= 0.3 is 0 Å². The van der Waals surface area contributed by atoms with Gasteiger partial charge in [-0.05, 0) is 26.0 Å². The molecule has 2 aromatic rings. The molecule has 24 heavy (non-hydrogen) atoms. The minimum absolute atomic E-state index is 0.0176. The maximum Gasteiger partial charge on any atom is 0.256 e. The molecule has 1 aromatic carbocycles. The topological polar surface area (TPSA) is 52.2 Å². The third kappa shape index (κ3) is 3.67. The Labute approximate surface area is 143 Å². The molecule has 0 radical (unpaired) electrons. The highest BCUT2D eigenvalue weighted by molar-refractivity contribution is 5.36. The van der Waals surface area contributed by atoms with E-state index in [9.17, 15) is 4.79 Å². The molecule has 1 saturated heterocycles. The number of benzene rings is 1. The first-order valence-corrected chi connectivity index (χ1v) is 8.69. The van der Waals surface area contributed by atoms with Gasteiger partial charge in [-0.25, -0.2) is 4.98 Å². The fourth-order valence-corrected chi connectivity index (χ4v) is 3.14. The first kappa shape index (κ1) is 16.7. The van der Waals surface area contributed by atoms with Crippen LogP contribution in [0.5, 0.6) is 0 Å². The maximum atomic E-state index is 12.6. The Balaban J connectivity index is 1.79. The Kier molecular flexibility index (Phi) is 5.00. The summed E-state index contributed by atoms with van der Waals surface area (Å²) in [5.74, 6) is 0.709. The molecule has 1 aliphatic heterocycles. The van der Waals surface area contributed by atoms with Gasteiger partial charge in [0.05, 0.1) is 5.69 Å². The molecule has 0 amide bonds. The SMILES string of the molecule is CCN1CCN(c2nc(C)c(Cc3ccc(C)cc3)c(=O)[nH]2)CC1. The molecule has 0 atom stereocenters. The second-order valence-electron chi connectivity index (χ2n) is 6.54. The van der Waals surface area contributed by atoms with Crippen molar-refractivity contribution < 1.29 is 0 Å². The number of aromatic amines is 1. The van der Waals surface area contributed by atoms with Crippen LogP contribution < -0.4 is 10.5 Å². The van der Waals surface area contributed by atoms with E-state index >= 15 is 0 Å². The van der Waals surface area contributed by atoms with Crippen molar-refractivity contribution in [3.63, 3.8) is 0 Å². The Morgan fingerprint density at radius 3 is 2.33 bits per heavy atom. The van der Waals surface area contributed by atoms with Crippen LogP contribution in [0.2, 0.25) is 0 Å². The predicted octanol–water partition coefficient (Wildman–Crippen LogP) is 2.12. The smallest absolute Gasteiger partial charge is 0.256 e. The van der Waals surface area contributed by atoms with Gasteiger partial charge in [0.25, 0.3) is 5.56 Å². The van der Waals surface area contributed by atoms with Crippen LogP contribution in [0.4, 0.5) is 5.95 Å². The molecule has 1 aliphatic rings. The predicted molar refractivity (Wildman–Crippen MR) is 97.9 cm³/mol. The second-order valence-corrected chi connectivity index (χ2v) is 6.54. The van der Waals surface area contributed by atoms with Crippen molar-refractivity contribution in [3.05, 3.63) is 57.0 Å². The zero-order chi connectivity index (χ0) is 17.1. The summed E-state index contributed by atoms with van der Waals surface area (Å²) in [4.78, 5) is 24.8. The largest absolute Gasteiger partial charge is 0.340 e. The van der Waals surface area contributed by atoms with E-state index in [1.54, 1.807) is 0 Å². The number of nitrogens with zero attached hydrogens (tertiary/aromatic N) is 3. The van der Waals surface area contributed by atoms with E-state index in [1.807, 2.05) is 6.92 Å². The van der Waals surface area contributed by atoms with E-state index in [-0.39, 0.29) is 5.56 Å². The van der Waals surface area contributed by atoms with E-state index in [1.165, 1.54) is 5.56 Å². The average Bonchev–Trinajstić information content (AvgIpc) is 2.59. The average molecular weight is 326 g/mol. The van der Waals surface area contributed by atoms with Crippen molar-refractivity contribution in [2.75, 3.05) is 37.6 Å². The summed E-state index contributed by atoms with van der Waals surface area (Å²) in [6.45, 7) is 11.1. The normalized spacial score (nSPS) is 15.7. The number of hydrogen-bond donors (Lipinski definition) is 1. The third-order valence-electron chi connectivity index (χ3n) is 4.83. The summed E-state index contributed by atoms with van der Waals surface area (Å²) in [5.41, 5.74) is 3.93. The van der Waals surface area contributed by atoms with Crippen LogP contribution in [0.1, 0.15) is 29.3 Å². The summed E-state index contributed by atoms with van der Waals surface area (Å²) in [7, 11) is 0. The van der Waals surface area contributed by atoms with E-state index < -0.39 is 0 Å². The van der Waals surface area contributed by atoms with Gasteiger partial charge in [0.15, 0.2) is 0 Å². The molecule has 5 heteroatoms. The van der Waals surface area contributed by atoms with Crippen LogP contribution in [-0.4, -0.2) is 47.6 Å². The lowest BCUT2D eigenvalue weighted by Crippen LogP contribution is -2.47. The standard InChI is InChI=1S/C19H26N4O/c1-4-22-9-11-23(12-10-22)19-20-15(3)17(18(24)21-19)13-16-7-5-14(2)6-8-16/h5-8H,4,9-13H2,1-3H3,(H,20,21,24). The zero-order valence-electron chi connectivity index (χ0n) is 14.8. The molecule has 5 nitrogen and oxygen atoms in total. The Hall–Kier alpha value is -2.14. The summed E-state index contributed by atoms with van der Waals surface area (Å²) >= 11 is 0. The van der Waals surface area contributed by atoms with E-state index in [0.29, 0.717) is 12.4 Å². The number of likely N-dealkylation sites (N-methyl/N-ethyl adjacent to an activating group) is 1. The highest BCUT2D eigenvalue weighted by Crippen LogP contribution is 2.14. The van der Waals surface area contributed by atoms with E-state index in [2.05, 4.69) is 57.9 Å². The van der Waals surface area contributed by atoms with E-state index in [0.717, 1.165) is 49.5 Å². The molecule has 2 heterocycles. The van der Waals surface area contributed by atoms with Gasteiger partial charge in [-0.1, -0.05) is 36.8 Å². The summed E-state index contributed by atoms with van der Waals surface area (Å²) in [6, 6.07) is 8.31. The van der Waals surface area contributed by atoms with Crippen LogP contribution in [0.3, 0.4) is 0 Å². The highest BCUT2D eigenvalue weighted by Gasteiger charge is 2.19. The van der Waals surface area contributed by atoms with Gasteiger partial charge in [-0.3, -0.25) is 9.78 Å². The van der Waals surface area contributed by atoms with Crippen LogP contribution in [0.15, 0.2) is 29.1 Å². The molecule has 0 unspecified atom stereocenters. The molecular formula is C19H26N4O. The van der Waals surface area contributed by atoms with Crippen molar-refractivity contribution in [2.45, 2.75) is 27.2 Å². The van der Waals surface area contributed by atoms with Crippen molar-refractivity contribution >= 4 is 5.95 Å². The van der Waals surface area contributed by atoms with E-state index in [4.69, 9.17) is 0 Å². The molecule has 0 saturated carbocycles. The quantitative estimate of drug-likeness (QED) is 0.935. The molecule has 1 aromatic heterocycles. The Bertz CT molecular complexity index is 743. The fourth-order valence-electron chi connectivity index (χ4n) is 3.14. The monoisotopic (exact) mass is 326 g/mol. The number of H-pyrrole nitrogens is 1. The maximum absolute atomic E-state index is 12.6. The van der Waals surface area contributed by atoms with Crippen LogP contribution in [0.25, 0.3) is 0 Å². The molecule has 3 rings (SSSR count). The number of piperazine rings is 1. The van der Waals surface area contributed by atoms with Crippen LogP contribution in [-0.2, 0) is 6.42 Å². The lowest BCUT2D eigenvalue weighted by atomic mass is 10.0. The first-order chi connectivity index (χ1) is 11.6. The van der Waals surface area contributed by atoms with Gasteiger partial charge in [0.2, 0.25) is 5.95 Å². The molecular weight excluding hydrogens is 300 g/mol. The second kappa shape index (κ2) is 7.18. The molecule has 0 bridgehead atoms. The zero-order valence-corrected chi connectivity index (χ0v) is 14.8. The van der Waals surface area contributed by atoms with Gasteiger partial charge in [0, 0.05) is 38.2 Å². The summed E-state index contributed by atoms with van der Waals surface area (Å²) in [6.07, 6.45) is 0.623. The Morgan fingerprint density at radius 2 is 1.75 bits per heavy atom. The molecule has 128 valence electrons. The van der Waals surface area contributed by atoms with Gasteiger partial charge in [-0.15, -0.1) is 0 Å². The number of nitrogens with one attached hydrogen (secondary N) is 1.